The normalized spacial score (nSPS) is 27.5. The van der Waals surface area contributed by atoms with Crippen LogP contribution in [0, 0.1) is 12.3 Å². The molecule has 1 spiro atoms. The minimum Gasteiger partial charge on any atom is -0.444 e. The Labute approximate surface area is 351 Å². The molecule has 330 valence electrons. The molecule has 1 aromatic heterocycles. The molecule has 60 heavy (non-hydrogen) atoms. The molecule has 3 fully saturated rings. The quantitative estimate of drug-likeness (QED) is 0.184. The third-order valence-corrected chi connectivity index (χ3v) is 12.2. The number of aryl methyl sites for hydroxylation is 1. The highest BCUT2D eigenvalue weighted by Crippen LogP contribution is 2.48. The third kappa shape index (κ3) is 8.59. The number of amides is 1. The number of aliphatic hydroxyl groups excluding tert-OH is 1. The predicted octanol–water partition coefficient (Wildman–Crippen LogP) is 3.18. The number of carbonyl (C=O) groups is 5. The first-order chi connectivity index (χ1) is 27.8. The number of aromatic nitrogens is 2. The number of hydrogen-bond donors (Lipinski definition) is 5. The molecule has 0 saturated carbocycles. The molecule has 5 N–H and O–H groups in total. The minimum atomic E-state index is -3.64. The van der Waals surface area contributed by atoms with Crippen LogP contribution in [0.15, 0.2) is 24.3 Å². The Morgan fingerprint density at radius 2 is 1.65 bits per heavy atom. The van der Waals surface area contributed by atoms with Crippen LogP contribution < -0.4 is 4.74 Å². The summed E-state index contributed by atoms with van der Waals surface area (Å²) in [7, 11) is 0. The first-order valence-corrected chi connectivity index (χ1v) is 20.6. The summed E-state index contributed by atoms with van der Waals surface area (Å²) in [5.41, 5.74) is -7.03. The summed E-state index contributed by atoms with van der Waals surface area (Å²) in [6.45, 7) is 18.9. The molecule has 1 amide bonds. The fraction of sp³-hybridized carbons (Fsp3) is 0.636. The molecule has 0 radical (unpaired) electrons. The maximum atomic E-state index is 13.3. The highest BCUT2D eigenvalue weighted by molar-refractivity contribution is 6.05. The van der Waals surface area contributed by atoms with Crippen LogP contribution >= 0.6 is 0 Å². The first kappa shape index (κ1) is 46.7. The highest BCUT2D eigenvalue weighted by Gasteiger charge is 2.80. The van der Waals surface area contributed by atoms with Crippen LogP contribution in [-0.4, -0.2) is 143 Å². The van der Waals surface area contributed by atoms with E-state index in [0.29, 0.717) is 11.3 Å². The van der Waals surface area contributed by atoms with Crippen LogP contribution in [0.5, 0.6) is 5.88 Å². The van der Waals surface area contributed by atoms with Crippen LogP contribution in [0.4, 0.5) is 4.79 Å². The molecule has 1 unspecified atom stereocenters. The van der Waals surface area contributed by atoms with Gasteiger partial charge in [-0.25, -0.2) is 4.79 Å². The Balaban J connectivity index is 1.31. The van der Waals surface area contributed by atoms with E-state index in [0.717, 1.165) is 96.4 Å². The number of rotatable bonds is 14. The maximum Gasteiger partial charge on any atom is 0.410 e. The number of Topliss-reactive ketones (excluding diaryl/α,β-unsaturated/α-hetero) is 4. The number of aromatic amines is 1. The van der Waals surface area contributed by atoms with E-state index in [1.807, 2.05) is 64.6 Å². The van der Waals surface area contributed by atoms with E-state index in [1.54, 1.807) is 0 Å². The van der Waals surface area contributed by atoms with Crippen molar-refractivity contribution in [2.45, 2.75) is 142 Å². The standard InChI is InChI=1S/C44H62N4O12/c1-25(2)34-33(37(46-45-34)59-38-43(56,29(6)51)44(57,30(7)52)42(55,28(5)50)36(58-38)35(53)27(4)49)21-32-16-15-31(20-26(32)3)14-11-12-18-47-22-41(23-47)17-13-19-48(24-41)39(54)60-40(8,9)10/h11,14-16,20,25,35-36,38,53,55-57H,12-13,17-19,21-24H2,1-10H3,(H,45,46)/b14-11+/t35?,36-,38+,42-,43+,44+/m1/s1. The SMILES string of the molecule is CC(=O)C(O)[C@H]1O[C@@H](Oc2n[nH]c(C(C)C)c2Cc2ccc(/C=C/CCN3CC4(CCCN(C(=O)OC(C)(C)C)C4)C3)cc2C)[C@@](O)(C(C)=O)[C@](O)(C(C)=O)[C@@]1(O)C(C)=O. The van der Waals surface area contributed by atoms with E-state index in [-0.39, 0.29) is 29.7 Å². The van der Waals surface area contributed by atoms with Gasteiger partial charge in [0.2, 0.25) is 23.4 Å². The van der Waals surface area contributed by atoms with Crippen molar-refractivity contribution < 1.29 is 58.6 Å². The van der Waals surface area contributed by atoms with Gasteiger partial charge in [-0.2, -0.15) is 0 Å². The number of benzene rings is 1. The lowest BCUT2D eigenvalue weighted by Crippen LogP contribution is -2.87. The van der Waals surface area contributed by atoms with Crippen LogP contribution in [0.25, 0.3) is 6.08 Å². The molecule has 4 heterocycles. The zero-order valence-electron chi connectivity index (χ0n) is 36.5. The van der Waals surface area contributed by atoms with Crippen LogP contribution in [0.1, 0.15) is 115 Å². The van der Waals surface area contributed by atoms with Crippen molar-refractivity contribution in [3.8, 4) is 5.88 Å². The number of nitrogens with zero attached hydrogens (tertiary/aromatic N) is 3. The number of ether oxygens (including phenoxy) is 3. The Morgan fingerprint density at radius 3 is 2.20 bits per heavy atom. The monoisotopic (exact) mass is 838 g/mol. The Bertz CT molecular complexity index is 2010. The summed E-state index contributed by atoms with van der Waals surface area (Å²) >= 11 is 0. The molecule has 6 atom stereocenters. The van der Waals surface area contributed by atoms with Gasteiger partial charge in [0, 0.05) is 55.8 Å². The van der Waals surface area contributed by atoms with Gasteiger partial charge in [-0.3, -0.25) is 24.3 Å². The molecule has 16 heteroatoms. The largest absolute Gasteiger partial charge is 0.444 e. The first-order valence-electron chi connectivity index (χ1n) is 20.6. The number of hydrogen-bond acceptors (Lipinski definition) is 14. The Kier molecular flexibility index (Phi) is 13.4. The number of carbonyl (C=O) groups excluding carboxylic acids is 5. The van der Waals surface area contributed by atoms with Gasteiger partial charge < -0.3 is 44.4 Å². The molecular formula is C44H62N4O12. The van der Waals surface area contributed by atoms with Crippen molar-refractivity contribution in [3.05, 3.63) is 52.2 Å². The van der Waals surface area contributed by atoms with E-state index in [1.165, 1.54) is 0 Å². The number of ketones is 4. The summed E-state index contributed by atoms with van der Waals surface area (Å²) in [5.74, 6) is -5.44. The molecular weight excluding hydrogens is 777 g/mol. The highest BCUT2D eigenvalue weighted by atomic mass is 16.7. The van der Waals surface area contributed by atoms with Crippen molar-refractivity contribution in [2.24, 2.45) is 5.41 Å². The predicted molar refractivity (Wildman–Crippen MR) is 219 cm³/mol. The molecule has 3 saturated heterocycles. The summed E-state index contributed by atoms with van der Waals surface area (Å²) < 4.78 is 17.4. The van der Waals surface area contributed by atoms with E-state index in [4.69, 9.17) is 14.2 Å². The lowest BCUT2D eigenvalue weighted by Gasteiger charge is -2.57. The van der Waals surface area contributed by atoms with Crippen LogP contribution in [0.3, 0.4) is 0 Å². The van der Waals surface area contributed by atoms with Crippen molar-refractivity contribution in [1.82, 2.24) is 20.0 Å². The van der Waals surface area contributed by atoms with E-state index in [2.05, 4.69) is 27.2 Å². The molecule has 2 aromatic rings. The molecule has 0 aliphatic carbocycles. The summed E-state index contributed by atoms with van der Waals surface area (Å²) in [6.07, 6.45) is 0.123. The number of likely N-dealkylation sites (tertiary alicyclic amines) is 2. The van der Waals surface area contributed by atoms with Gasteiger partial charge in [0.1, 0.15) is 17.8 Å². The second-order valence-corrected chi connectivity index (χ2v) is 18.3. The topological polar surface area (TPSA) is 229 Å². The van der Waals surface area contributed by atoms with E-state index < -0.39 is 64.0 Å². The fourth-order valence-corrected chi connectivity index (χ4v) is 8.94. The number of H-pyrrole nitrogens is 1. The molecule has 3 aliphatic rings. The average molecular weight is 839 g/mol. The maximum absolute atomic E-state index is 13.3. The Morgan fingerprint density at radius 1 is 1.00 bits per heavy atom. The summed E-state index contributed by atoms with van der Waals surface area (Å²) in [5, 5.41) is 53.7. The minimum absolute atomic E-state index is 0.123. The van der Waals surface area contributed by atoms with Gasteiger partial charge in [-0.15, -0.1) is 5.10 Å². The smallest absolute Gasteiger partial charge is 0.410 e. The lowest BCUT2D eigenvalue weighted by atomic mass is 9.60. The van der Waals surface area contributed by atoms with Crippen molar-refractivity contribution in [1.29, 1.82) is 0 Å². The van der Waals surface area contributed by atoms with Crippen molar-refractivity contribution >= 4 is 35.3 Å². The van der Waals surface area contributed by atoms with Gasteiger partial charge in [0.25, 0.3) is 0 Å². The fourth-order valence-electron chi connectivity index (χ4n) is 8.94. The number of aliphatic hydroxyl groups is 4. The number of nitrogens with one attached hydrogen (secondary N) is 1. The van der Waals surface area contributed by atoms with Crippen molar-refractivity contribution in [2.75, 3.05) is 32.7 Å². The number of piperidine rings is 1. The zero-order chi connectivity index (χ0) is 44.7. The van der Waals surface area contributed by atoms with E-state index in [9.17, 15) is 44.4 Å². The van der Waals surface area contributed by atoms with Crippen LogP contribution in [-0.2, 0) is 35.1 Å². The molecule has 1 aromatic carbocycles. The van der Waals surface area contributed by atoms with Gasteiger partial charge in [0.05, 0.1) is 0 Å². The summed E-state index contributed by atoms with van der Waals surface area (Å²) in [6, 6.07) is 5.97. The second-order valence-electron chi connectivity index (χ2n) is 18.3. The van der Waals surface area contributed by atoms with Crippen molar-refractivity contribution in [3.63, 3.8) is 0 Å². The van der Waals surface area contributed by atoms with Gasteiger partial charge in [0.15, 0.2) is 28.7 Å². The second kappa shape index (κ2) is 17.2. The van der Waals surface area contributed by atoms with E-state index >= 15 is 0 Å². The molecule has 0 bridgehead atoms. The third-order valence-electron chi connectivity index (χ3n) is 12.2. The molecule has 3 aliphatic heterocycles. The van der Waals surface area contributed by atoms with Gasteiger partial charge in [-0.05, 0) is 97.3 Å². The average Bonchev–Trinajstić information content (AvgIpc) is 3.54. The molecule has 5 rings (SSSR count). The summed E-state index contributed by atoms with van der Waals surface area (Å²) in [4.78, 5) is 68.8. The lowest BCUT2D eigenvalue weighted by molar-refractivity contribution is -0.358. The van der Waals surface area contributed by atoms with Gasteiger partial charge in [-0.1, -0.05) is 44.2 Å². The Hall–Kier alpha value is -4.32. The van der Waals surface area contributed by atoms with Gasteiger partial charge >= 0.3 is 6.09 Å². The molecule has 16 nitrogen and oxygen atoms in total. The zero-order valence-corrected chi connectivity index (χ0v) is 36.5. The van der Waals surface area contributed by atoms with Crippen LogP contribution in [0.2, 0.25) is 0 Å².